The van der Waals surface area contributed by atoms with Crippen molar-refractivity contribution >= 4 is 50.2 Å². The molecule has 0 amide bonds. The second kappa shape index (κ2) is 7.87. The van der Waals surface area contributed by atoms with Crippen LogP contribution >= 0.6 is 11.5 Å². The molecule has 30 heavy (non-hydrogen) atoms. The Hall–Kier alpha value is -3.87. The predicted octanol–water partition coefficient (Wildman–Crippen LogP) is 2.96. The van der Waals surface area contributed by atoms with Crippen molar-refractivity contribution < 1.29 is 0 Å². The molecule has 4 aromatic rings. The summed E-state index contributed by atoms with van der Waals surface area (Å²) < 4.78 is 4.31. The first-order valence-electron chi connectivity index (χ1n) is 8.98. The minimum Gasteiger partial charge on any atom is -0.404 e. The van der Waals surface area contributed by atoms with Gasteiger partial charge in [-0.05, 0) is 35.3 Å². The number of hydrogen-bond acceptors (Lipinski definition) is 7. The van der Waals surface area contributed by atoms with Crippen LogP contribution < -0.4 is 17.0 Å². The third-order valence-corrected chi connectivity index (χ3v) is 5.54. The van der Waals surface area contributed by atoms with Gasteiger partial charge in [-0.15, -0.1) is 0 Å². The Morgan fingerprint density at radius 1 is 1.30 bits per heavy atom. The SMILES string of the molecule is [C-]#[N+]c1c(C(=NC)/C(=C\N)c2ccc3c(=O)[nH]nc(CN)c3c2)ccc2nscc12. The van der Waals surface area contributed by atoms with E-state index in [9.17, 15) is 4.79 Å². The van der Waals surface area contributed by atoms with Crippen molar-refractivity contribution in [2.75, 3.05) is 7.05 Å². The van der Waals surface area contributed by atoms with Gasteiger partial charge < -0.3 is 11.5 Å². The molecule has 0 aliphatic rings. The van der Waals surface area contributed by atoms with Crippen LogP contribution in [0.3, 0.4) is 0 Å². The van der Waals surface area contributed by atoms with Crippen LogP contribution in [0.15, 0.2) is 51.7 Å². The van der Waals surface area contributed by atoms with Gasteiger partial charge in [0, 0.05) is 47.1 Å². The highest BCUT2D eigenvalue weighted by Crippen LogP contribution is 2.34. The van der Waals surface area contributed by atoms with E-state index in [0.29, 0.717) is 39.0 Å². The van der Waals surface area contributed by atoms with Gasteiger partial charge in [0.05, 0.1) is 28.9 Å². The molecule has 0 atom stereocenters. The molecule has 2 heterocycles. The fourth-order valence-electron chi connectivity index (χ4n) is 3.48. The number of allylic oxidation sites excluding steroid dienone is 1. The first-order chi connectivity index (χ1) is 14.6. The van der Waals surface area contributed by atoms with E-state index >= 15 is 0 Å². The maximum atomic E-state index is 12.1. The zero-order valence-electron chi connectivity index (χ0n) is 16.0. The molecule has 0 spiro atoms. The second-order valence-electron chi connectivity index (χ2n) is 6.44. The molecule has 2 aromatic carbocycles. The van der Waals surface area contributed by atoms with Crippen LogP contribution in [0.2, 0.25) is 0 Å². The van der Waals surface area contributed by atoms with Crippen LogP contribution in [-0.2, 0) is 6.54 Å². The van der Waals surface area contributed by atoms with Crippen molar-refractivity contribution in [3.05, 3.63) is 80.5 Å². The minimum absolute atomic E-state index is 0.177. The first-order valence-corrected chi connectivity index (χ1v) is 9.82. The number of nitrogens with zero attached hydrogens (tertiary/aromatic N) is 4. The normalized spacial score (nSPS) is 12.4. The van der Waals surface area contributed by atoms with E-state index in [4.69, 9.17) is 18.0 Å². The fourth-order valence-corrected chi connectivity index (χ4v) is 4.14. The highest BCUT2D eigenvalue weighted by Gasteiger charge is 2.19. The van der Waals surface area contributed by atoms with Gasteiger partial charge in [-0.3, -0.25) is 9.79 Å². The number of benzene rings is 2. The largest absolute Gasteiger partial charge is 0.404 e. The molecule has 0 unspecified atom stereocenters. The number of fused-ring (bicyclic) bond motifs is 2. The van der Waals surface area contributed by atoms with Crippen molar-refractivity contribution in [3.8, 4) is 0 Å². The van der Waals surface area contributed by atoms with Crippen molar-refractivity contribution in [2.24, 2.45) is 16.5 Å². The molecule has 0 bridgehead atoms. The molecule has 0 saturated heterocycles. The van der Waals surface area contributed by atoms with Gasteiger partial charge in [-0.2, -0.15) is 9.47 Å². The number of H-pyrrole nitrogens is 1. The number of hydrogen-bond donors (Lipinski definition) is 3. The van der Waals surface area contributed by atoms with Crippen molar-refractivity contribution in [2.45, 2.75) is 6.54 Å². The highest BCUT2D eigenvalue weighted by molar-refractivity contribution is 7.04. The van der Waals surface area contributed by atoms with Crippen molar-refractivity contribution in [1.29, 1.82) is 0 Å². The monoisotopic (exact) mass is 415 g/mol. The lowest BCUT2D eigenvalue weighted by molar-refractivity contribution is 0.900. The molecule has 0 aliphatic heterocycles. The van der Waals surface area contributed by atoms with Crippen LogP contribution in [0.1, 0.15) is 16.8 Å². The predicted molar refractivity (Wildman–Crippen MR) is 121 cm³/mol. The van der Waals surface area contributed by atoms with Gasteiger partial charge in [0.2, 0.25) is 5.69 Å². The molecule has 9 heteroatoms. The average Bonchev–Trinajstić information content (AvgIpc) is 3.26. The molecule has 0 radical (unpaired) electrons. The maximum absolute atomic E-state index is 12.1. The van der Waals surface area contributed by atoms with Crippen LogP contribution in [0.25, 0.3) is 32.1 Å². The van der Waals surface area contributed by atoms with E-state index in [1.165, 1.54) is 17.7 Å². The van der Waals surface area contributed by atoms with E-state index in [1.54, 1.807) is 19.2 Å². The summed E-state index contributed by atoms with van der Waals surface area (Å²) in [5.74, 6) is 0. The average molecular weight is 415 g/mol. The summed E-state index contributed by atoms with van der Waals surface area (Å²) in [6, 6.07) is 9.03. The van der Waals surface area contributed by atoms with E-state index in [1.807, 2.05) is 23.6 Å². The zero-order valence-corrected chi connectivity index (χ0v) is 16.8. The van der Waals surface area contributed by atoms with Crippen molar-refractivity contribution in [1.82, 2.24) is 14.6 Å². The van der Waals surface area contributed by atoms with E-state index in [0.717, 1.165) is 16.5 Å². The lowest BCUT2D eigenvalue weighted by atomic mass is 9.93. The van der Waals surface area contributed by atoms with Gasteiger partial charge in [-0.1, -0.05) is 12.1 Å². The number of aliphatic imine (C=N–C) groups is 1. The Bertz CT molecular complexity index is 1440. The maximum Gasteiger partial charge on any atom is 0.272 e. The van der Waals surface area contributed by atoms with Crippen LogP contribution in [0.4, 0.5) is 5.69 Å². The second-order valence-corrected chi connectivity index (χ2v) is 7.07. The molecule has 8 nitrogen and oxygen atoms in total. The summed E-state index contributed by atoms with van der Waals surface area (Å²) in [4.78, 5) is 20.3. The molecule has 0 saturated carbocycles. The number of aromatic nitrogens is 3. The smallest absolute Gasteiger partial charge is 0.272 e. The van der Waals surface area contributed by atoms with Gasteiger partial charge in [0.1, 0.15) is 0 Å². The lowest BCUT2D eigenvalue weighted by Gasteiger charge is -2.14. The minimum atomic E-state index is -0.290. The third-order valence-electron chi connectivity index (χ3n) is 4.90. The van der Waals surface area contributed by atoms with E-state index < -0.39 is 0 Å². The molecule has 2 aromatic heterocycles. The molecule has 0 aliphatic carbocycles. The summed E-state index contributed by atoms with van der Waals surface area (Å²) in [6.45, 7) is 7.87. The van der Waals surface area contributed by atoms with Gasteiger partial charge in [0.25, 0.3) is 5.56 Å². The van der Waals surface area contributed by atoms with Crippen LogP contribution in [0.5, 0.6) is 0 Å². The summed E-state index contributed by atoms with van der Waals surface area (Å²) in [7, 11) is 1.65. The molecule has 5 N–H and O–H groups in total. The van der Waals surface area contributed by atoms with Crippen LogP contribution in [0, 0.1) is 6.57 Å². The third kappa shape index (κ3) is 3.04. The topological polar surface area (TPSA) is 127 Å². The highest BCUT2D eigenvalue weighted by atomic mass is 32.1. The van der Waals surface area contributed by atoms with Gasteiger partial charge in [0.15, 0.2) is 0 Å². The molecular weight excluding hydrogens is 398 g/mol. The Labute approximate surface area is 175 Å². The van der Waals surface area contributed by atoms with Crippen LogP contribution in [-0.4, -0.2) is 27.3 Å². The summed E-state index contributed by atoms with van der Waals surface area (Å²) >= 11 is 1.30. The van der Waals surface area contributed by atoms with Crippen molar-refractivity contribution in [3.63, 3.8) is 0 Å². The number of nitrogens with two attached hydrogens (primary N) is 2. The molecule has 148 valence electrons. The molecule has 4 rings (SSSR count). The lowest BCUT2D eigenvalue weighted by Crippen LogP contribution is -2.14. The van der Waals surface area contributed by atoms with E-state index in [2.05, 4.69) is 24.4 Å². The molecular formula is C21H17N7OS. The molecule has 0 fully saturated rings. The Morgan fingerprint density at radius 3 is 2.83 bits per heavy atom. The van der Waals surface area contributed by atoms with E-state index in [-0.39, 0.29) is 12.1 Å². The summed E-state index contributed by atoms with van der Waals surface area (Å²) in [5, 5.41) is 10.3. The Morgan fingerprint density at radius 2 is 2.13 bits per heavy atom. The standard InChI is InChI=1S/C21H17N7OS/c1-24-19(13-5-6-17-16(10-30-28-17)20(13)25-2)15(8-22)11-3-4-12-14(7-11)18(9-23)26-27-21(12)29/h3-8,10H,9,22-23H2,1H3,(H,27,29)/b15-8-,24-19?. The number of rotatable bonds is 4. The van der Waals surface area contributed by atoms with Gasteiger partial charge >= 0.3 is 0 Å². The summed E-state index contributed by atoms with van der Waals surface area (Å²) in [6.07, 6.45) is 1.45. The fraction of sp³-hybridized carbons (Fsp3) is 0.0952. The summed E-state index contributed by atoms with van der Waals surface area (Å²) in [5.41, 5.74) is 16.0. The Balaban J connectivity index is 1.92. The quantitative estimate of drug-likeness (QED) is 0.349. The Kier molecular flexibility index (Phi) is 5.10. The number of nitrogens with one attached hydrogen (secondary N) is 1. The number of aromatic amines is 1. The first kappa shape index (κ1) is 19.4. The van der Waals surface area contributed by atoms with Gasteiger partial charge in [-0.25, -0.2) is 9.94 Å². The zero-order chi connectivity index (χ0) is 21.3.